The average molecular weight is 384 g/mol. The molecule has 0 spiro atoms. The van der Waals surface area contributed by atoms with Gasteiger partial charge in [-0.1, -0.05) is 13.8 Å². The third-order valence-electron chi connectivity index (χ3n) is 5.03. The lowest BCUT2D eigenvalue weighted by Gasteiger charge is -2.43. The molecule has 1 aliphatic heterocycles. The first-order valence-electron chi connectivity index (χ1n) is 9.10. The quantitative estimate of drug-likeness (QED) is 0.819. The van der Waals surface area contributed by atoms with Crippen LogP contribution in [0.2, 0.25) is 0 Å². The minimum Gasteiger partial charge on any atom is -0.390 e. The molecule has 26 heavy (non-hydrogen) atoms. The van der Waals surface area contributed by atoms with Crippen molar-refractivity contribution in [2.24, 2.45) is 5.41 Å². The summed E-state index contributed by atoms with van der Waals surface area (Å²) in [5.41, 5.74) is -0.985. The predicted octanol–water partition coefficient (Wildman–Crippen LogP) is 1.53. The van der Waals surface area contributed by atoms with Crippen LogP contribution in [0.3, 0.4) is 0 Å². The van der Waals surface area contributed by atoms with Crippen LogP contribution in [0.1, 0.15) is 40.0 Å². The molecule has 2 heterocycles. The fraction of sp³-hybridized carbons (Fsp3) is 0.722. The van der Waals surface area contributed by atoms with Gasteiger partial charge in [0.15, 0.2) is 0 Å². The fourth-order valence-corrected chi connectivity index (χ4v) is 5.51. The van der Waals surface area contributed by atoms with E-state index in [0.29, 0.717) is 32.5 Å². The third-order valence-corrected chi connectivity index (χ3v) is 6.54. The zero-order valence-electron chi connectivity index (χ0n) is 15.7. The maximum Gasteiger partial charge on any atom is 0.242 e. The highest BCUT2D eigenvalue weighted by atomic mass is 32.2. The van der Waals surface area contributed by atoms with E-state index in [1.165, 1.54) is 6.20 Å². The second-order valence-electron chi connectivity index (χ2n) is 8.52. The zero-order valence-corrected chi connectivity index (χ0v) is 16.6. The molecular formula is C18H29N3O4S. The molecule has 2 unspecified atom stereocenters. The van der Waals surface area contributed by atoms with Crippen molar-refractivity contribution in [1.82, 2.24) is 9.71 Å². The summed E-state index contributed by atoms with van der Waals surface area (Å²) in [4.78, 5) is 6.55. The zero-order chi connectivity index (χ0) is 19.0. The van der Waals surface area contributed by atoms with Crippen LogP contribution in [0, 0.1) is 5.41 Å². The van der Waals surface area contributed by atoms with Crippen molar-refractivity contribution >= 4 is 15.8 Å². The van der Waals surface area contributed by atoms with Crippen molar-refractivity contribution in [2.75, 3.05) is 31.2 Å². The number of nitrogens with one attached hydrogen (secondary N) is 1. The van der Waals surface area contributed by atoms with Crippen molar-refractivity contribution in [3.8, 4) is 0 Å². The Balaban J connectivity index is 1.71. The predicted molar refractivity (Wildman–Crippen MR) is 99.6 cm³/mol. The van der Waals surface area contributed by atoms with Crippen molar-refractivity contribution in [3.05, 3.63) is 18.3 Å². The molecule has 8 heteroatoms. The molecule has 1 saturated heterocycles. The van der Waals surface area contributed by atoms with Gasteiger partial charge in [-0.3, -0.25) is 0 Å². The monoisotopic (exact) mass is 383 g/mol. The maximum absolute atomic E-state index is 12.7. The number of hydrogen-bond acceptors (Lipinski definition) is 6. The van der Waals surface area contributed by atoms with E-state index in [1.807, 2.05) is 0 Å². The summed E-state index contributed by atoms with van der Waals surface area (Å²) in [5.74, 6) is 0.758. The number of aromatic nitrogens is 1. The molecule has 2 aliphatic rings. The van der Waals surface area contributed by atoms with Gasteiger partial charge in [-0.2, -0.15) is 0 Å². The molecule has 3 rings (SSSR count). The highest BCUT2D eigenvalue weighted by Crippen LogP contribution is 2.41. The molecule has 1 aromatic heterocycles. The normalized spacial score (nSPS) is 29.5. The van der Waals surface area contributed by atoms with Gasteiger partial charge < -0.3 is 14.7 Å². The number of pyridine rings is 1. The molecular weight excluding hydrogens is 354 g/mol. The molecule has 1 aromatic rings. The molecule has 0 radical (unpaired) electrons. The van der Waals surface area contributed by atoms with Gasteiger partial charge in [-0.25, -0.2) is 18.1 Å². The SMILES string of the molecule is CC1(C)CC(NS(=O)(=O)c2ccc(N3CCOCC3)nc2)CC(C)(O)C1. The number of hydrogen-bond donors (Lipinski definition) is 2. The molecule has 1 saturated carbocycles. The summed E-state index contributed by atoms with van der Waals surface area (Å²) in [6.45, 7) is 8.70. The average Bonchev–Trinajstić information content (AvgIpc) is 2.52. The summed E-state index contributed by atoms with van der Waals surface area (Å²) in [5, 5.41) is 10.5. The van der Waals surface area contributed by atoms with Gasteiger partial charge in [-0.05, 0) is 43.7 Å². The molecule has 2 N–H and O–H groups in total. The first kappa shape index (κ1) is 19.5. The maximum atomic E-state index is 12.7. The van der Waals surface area contributed by atoms with E-state index in [2.05, 4.69) is 28.5 Å². The van der Waals surface area contributed by atoms with Crippen LogP contribution in [0.25, 0.3) is 0 Å². The van der Waals surface area contributed by atoms with Crippen molar-refractivity contribution in [2.45, 2.75) is 56.6 Å². The van der Waals surface area contributed by atoms with Crippen molar-refractivity contribution in [3.63, 3.8) is 0 Å². The largest absolute Gasteiger partial charge is 0.390 e. The van der Waals surface area contributed by atoms with E-state index in [0.717, 1.165) is 18.9 Å². The van der Waals surface area contributed by atoms with Crippen LogP contribution >= 0.6 is 0 Å². The summed E-state index contributed by atoms with van der Waals surface area (Å²) < 4.78 is 33.6. The lowest BCUT2D eigenvalue weighted by Crippen LogP contribution is -2.49. The first-order chi connectivity index (χ1) is 12.1. The smallest absolute Gasteiger partial charge is 0.242 e. The van der Waals surface area contributed by atoms with Crippen LogP contribution in [0.15, 0.2) is 23.2 Å². The lowest BCUT2D eigenvalue weighted by molar-refractivity contribution is -0.0332. The van der Waals surface area contributed by atoms with E-state index in [4.69, 9.17) is 4.74 Å². The van der Waals surface area contributed by atoms with E-state index >= 15 is 0 Å². The Bertz CT molecular complexity index is 709. The van der Waals surface area contributed by atoms with Gasteiger partial charge in [0, 0.05) is 25.3 Å². The van der Waals surface area contributed by atoms with Crippen LogP contribution in [0.5, 0.6) is 0 Å². The summed E-state index contributed by atoms with van der Waals surface area (Å²) in [6, 6.07) is 3.03. The Kier molecular flexibility index (Phi) is 5.31. The highest BCUT2D eigenvalue weighted by Gasteiger charge is 2.41. The number of ether oxygens (including phenoxy) is 1. The Morgan fingerprint density at radius 3 is 2.50 bits per heavy atom. The van der Waals surface area contributed by atoms with Crippen LogP contribution < -0.4 is 9.62 Å². The number of anilines is 1. The highest BCUT2D eigenvalue weighted by molar-refractivity contribution is 7.89. The van der Waals surface area contributed by atoms with Gasteiger partial charge in [-0.15, -0.1) is 0 Å². The van der Waals surface area contributed by atoms with Gasteiger partial charge in [0.2, 0.25) is 10.0 Å². The molecule has 146 valence electrons. The Morgan fingerprint density at radius 1 is 1.23 bits per heavy atom. The van der Waals surface area contributed by atoms with Gasteiger partial charge in [0.25, 0.3) is 0 Å². The molecule has 0 bridgehead atoms. The molecule has 0 amide bonds. The Hall–Kier alpha value is -1.22. The standard InChI is InChI=1S/C18H29N3O4S/c1-17(2)10-14(11-18(3,22)13-17)20-26(23,24)15-4-5-16(19-12-15)21-6-8-25-9-7-21/h4-5,12,14,20,22H,6-11,13H2,1-3H3. The number of nitrogens with zero attached hydrogens (tertiary/aromatic N) is 2. The van der Waals surface area contributed by atoms with E-state index < -0.39 is 15.6 Å². The number of sulfonamides is 1. The fourth-order valence-electron chi connectivity index (χ4n) is 4.33. The molecule has 2 fully saturated rings. The van der Waals surface area contributed by atoms with Gasteiger partial charge >= 0.3 is 0 Å². The minimum atomic E-state index is -3.67. The van der Waals surface area contributed by atoms with E-state index in [-0.39, 0.29) is 16.4 Å². The number of aliphatic hydroxyl groups is 1. The second-order valence-corrected chi connectivity index (χ2v) is 10.2. The van der Waals surface area contributed by atoms with Gasteiger partial charge in [0.1, 0.15) is 10.7 Å². The van der Waals surface area contributed by atoms with E-state index in [1.54, 1.807) is 19.1 Å². The number of morpholine rings is 1. The summed E-state index contributed by atoms with van der Waals surface area (Å²) in [7, 11) is -3.67. The van der Waals surface area contributed by atoms with Crippen LogP contribution in [-0.4, -0.2) is 56.5 Å². The first-order valence-corrected chi connectivity index (χ1v) is 10.6. The molecule has 7 nitrogen and oxygen atoms in total. The van der Waals surface area contributed by atoms with Crippen LogP contribution in [-0.2, 0) is 14.8 Å². The van der Waals surface area contributed by atoms with E-state index in [9.17, 15) is 13.5 Å². The Labute approximate surface area is 155 Å². The second kappa shape index (κ2) is 7.07. The molecule has 0 aromatic carbocycles. The summed E-state index contributed by atoms with van der Waals surface area (Å²) >= 11 is 0. The van der Waals surface area contributed by atoms with Crippen molar-refractivity contribution < 1.29 is 18.3 Å². The van der Waals surface area contributed by atoms with Gasteiger partial charge in [0.05, 0.1) is 18.8 Å². The number of rotatable bonds is 4. The summed E-state index contributed by atoms with van der Waals surface area (Å²) in [6.07, 6.45) is 3.17. The third kappa shape index (κ3) is 4.73. The van der Waals surface area contributed by atoms with Crippen molar-refractivity contribution in [1.29, 1.82) is 0 Å². The Morgan fingerprint density at radius 2 is 1.92 bits per heavy atom. The topological polar surface area (TPSA) is 91.8 Å². The van der Waals surface area contributed by atoms with Crippen LogP contribution in [0.4, 0.5) is 5.82 Å². The molecule has 1 aliphatic carbocycles. The lowest BCUT2D eigenvalue weighted by atomic mass is 9.69. The molecule has 2 atom stereocenters. The minimum absolute atomic E-state index is 0.118.